The second-order valence-corrected chi connectivity index (χ2v) is 5.40. The number of carbonyl (C=O) groups excluding carboxylic acids is 1. The Bertz CT molecular complexity index is 493. The number of carboxylic acids is 1. The van der Waals surface area contributed by atoms with Crippen molar-refractivity contribution in [2.24, 2.45) is 0 Å². The molecule has 0 spiro atoms. The summed E-state index contributed by atoms with van der Waals surface area (Å²) in [6.45, 7) is 0.745. The van der Waals surface area contributed by atoms with Crippen LogP contribution in [-0.2, 0) is 0 Å². The van der Waals surface area contributed by atoms with Gasteiger partial charge in [-0.3, -0.25) is 4.79 Å². The summed E-state index contributed by atoms with van der Waals surface area (Å²) in [5.74, 6) is -0.291. The Labute approximate surface area is 116 Å². The minimum Gasteiger partial charge on any atom is -0.477 e. The van der Waals surface area contributed by atoms with E-state index in [0.717, 1.165) is 25.1 Å². The highest BCUT2D eigenvalue weighted by molar-refractivity contribution is 7.98. The summed E-state index contributed by atoms with van der Waals surface area (Å²) in [5.41, 5.74) is 0.312. The van der Waals surface area contributed by atoms with Gasteiger partial charge in [0.1, 0.15) is 5.69 Å². The van der Waals surface area contributed by atoms with Crippen molar-refractivity contribution in [3.05, 3.63) is 29.6 Å². The van der Waals surface area contributed by atoms with E-state index in [-0.39, 0.29) is 17.6 Å². The first-order valence-electron chi connectivity index (χ1n) is 6.12. The van der Waals surface area contributed by atoms with E-state index in [1.807, 2.05) is 11.2 Å². The van der Waals surface area contributed by atoms with E-state index in [1.54, 1.807) is 17.8 Å². The predicted molar refractivity (Wildman–Crippen MR) is 73.6 cm³/mol. The van der Waals surface area contributed by atoms with Gasteiger partial charge >= 0.3 is 5.97 Å². The van der Waals surface area contributed by atoms with E-state index in [9.17, 15) is 9.59 Å². The molecule has 0 radical (unpaired) electrons. The highest BCUT2D eigenvalue weighted by Crippen LogP contribution is 2.22. The number of thioether (sulfide) groups is 1. The topological polar surface area (TPSA) is 70.5 Å². The van der Waals surface area contributed by atoms with Crippen LogP contribution >= 0.6 is 11.8 Å². The molecule has 1 N–H and O–H groups in total. The fraction of sp³-hybridized carbons (Fsp3) is 0.462. The Morgan fingerprint density at radius 2 is 2.37 bits per heavy atom. The van der Waals surface area contributed by atoms with Crippen molar-refractivity contribution >= 4 is 23.6 Å². The number of carboxylic acid groups (broad SMARTS) is 1. The predicted octanol–water partition coefficient (Wildman–Crippen LogP) is 1.75. The molecule has 6 heteroatoms. The Kier molecular flexibility index (Phi) is 4.42. The average Bonchev–Trinajstić information content (AvgIpc) is 2.86. The SMILES string of the molecule is CSCC1CCCN1C(=O)c1ccnc(C(=O)O)c1. The van der Waals surface area contributed by atoms with Crippen molar-refractivity contribution in [2.75, 3.05) is 18.6 Å². The second-order valence-electron chi connectivity index (χ2n) is 4.48. The molecule has 0 aliphatic carbocycles. The van der Waals surface area contributed by atoms with Gasteiger partial charge < -0.3 is 10.0 Å². The molecule has 1 saturated heterocycles. The van der Waals surface area contributed by atoms with Crippen LogP contribution in [0.4, 0.5) is 0 Å². The van der Waals surface area contributed by atoms with Crippen LogP contribution in [-0.4, -0.2) is 51.5 Å². The van der Waals surface area contributed by atoms with Gasteiger partial charge in [0.2, 0.25) is 0 Å². The highest BCUT2D eigenvalue weighted by Gasteiger charge is 2.29. The lowest BCUT2D eigenvalue weighted by atomic mass is 10.2. The summed E-state index contributed by atoms with van der Waals surface area (Å²) < 4.78 is 0. The lowest BCUT2D eigenvalue weighted by Crippen LogP contribution is -2.37. The van der Waals surface area contributed by atoms with E-state index in [4.69, 9.17) is 5.11 Å². The number of aromatic carboxylic acids is 1. The van der Waals surface area contributed by atoms with Gasteiger partial charge in [-0.25, -0.2) is 9.78 Å². The third-order valence-corrected chi connectivity index (χ3v) is 3.94. The van der Waals surface area contributed by atoms with Crippen molar-refractivity contribution in [2.45, 2.75) is 18.9 Å². The smallest absolute Gasteiger partial charge is 0.354 e. The molecule has 19 heavy (non-hydrogen) atoms. The minimum atomic E-state index is -1.11. The molecular weight excluding hydrogens is 264 g/mol. The maximum Gasteiger partial charge on any atom is 0.354 e. The fourth-order valence-electron chi connectivity index (χ4n) is 2.32. The molecule has 102 valence electrons. The van der Waals surface area contributed by atoms with Crippen molar-refractivity contribution in [3.8, 4) is 0 Å². The number of amides is 1. The molecule has 1 aromatic rings. The first kappa shape index (κ1) is 13.9. The van der Waals surface area contributed by atoms with Gasteiger partial charge in [0, 0.05) is 30.1 Å². The quantitative estimate of drug-likeness (QED) is 0.909. The maximum absolute atomic E-state index is 12.4. The third kappa shape index (κ3) is 3.07. The first-order chi connectivity index (χ1) is 9.13. The summed E-state index contributed by atoms with van der Waals surface area (Å²) in [7, 11) is 0. The molecule has 1 aliphatic heterocycles. The van der Waals surface area contributed by atoms with Gasteiger partial charge in [0.25, 0.3) is 5.91 Å². The van der Waals surface area contributed by atoms with Crippen LogP contribution in [0.25, 0.3) is 0 Å². The van der Waals surface area contributed by atoms with Crippen LogP contribution in [0.15, 0.2) is 18.3 Å². The van der Waals surface area contributed by atoms with Gasteiger partial charge in [-0.1, -0.05) is 0 Å². The van der Waals surface area contributed by atoms with Crippen LogP contribution in [0.3, 0.4) is 0 Å². The molecule has 0 saturated carbocycles. The summed E-state index contributed by atoms with van der Waals surface area (Å²) >= 11 is 1.72. The van der Waals surface area contributed by atoms with Crippen LogP contribution in [0.5, 0.6) is 0 Å². The zero-order valence-electron chi connectivity index (χ0n) is 10.7. The molecule has 0 bridgehead atoms. The number of pyridine rings is 1. The number of carbonyl (C=O) groups is 2. The lowest BCUT2D eigenvalue weighted by molar-refractivity contribution is 0.0690. The number of nitrogens with zero attached hydrogens (tertiary/aromatic N) is 2. The van der Waals surface area contributed by atoms with Crippen LogP contribution in [0.2, 0.25) is 0 Å². The van der Waals surface area contributed by atoms with Crippen LogP contribution in [0.1, 0.15) is 33.7 Å². The molecule has 1 amide bonds. The third-order valence-electron chi connectivity index (χ3n) is 3.22. The highest BCUT2D eigenvalue weighted by atomic mass is 32.2. The van der Waals surface area contributed by atoms with Gasteiger partial charge in [-0.2, -0.15) is 11.8 Å². The largest absolute Gasteiger partial charge is 0.477 e. The molecule has 1 atom stereocenters. The molecule has 1 fully saturated rings. The number of likely N-dealkylation sites (tertiary alicyclic amines) is 1. The van der Waals surface area contributed by atoms with E-state index in [2.05, 4.69) is 4.98 Å². The fourth-order valence-corrected chi connectivity index (χ4v) is 3.05. The molecule has 2 rings (SSSR count). The summed E-state index contributed by atoms with van der Waals surface area (Å²) in [6, 6.07) is 3.17. The molecule has 5 nitrogen and oxygen atoms in total. The van der Waals surface area contributed by atoms with Crippen LogP contribution < -0.4 is 0 Å². The Morgan fingerprint density at radius 3 is 3.05 bits per heavy atom. The van der Waals surface area contributed by atoms with Gasteiger partial charge in [-0.15, -0.1) is 0 Å². The van der Waals surface area contributed by atoms with Gasteiger partial charge in [-0.05, 0) is 31.2 Å². The summed E-state index contributed by atoms with van der Waals surface area (Å²) in [5, 5.41) is 8.90. The number of aromatic nitrogens is 1. The summed E-state index contributed by atoms with van der Waals surface area (Å²) in [6.07, 6.45) is 5.42. The van der Waals surface area contributed by atoms with Crippen molar-refractivity contribution in [3.63, 3.8) is 0 Å². The minimum absolute atomic E-state index is 0.0912. The molecule has 2 heterocycles. The Hall–Kier alpha value is -1.56. The van der Waals surface area contributed by atoms with Crippen LogP contribution in [0, 0.1) is 0 Å². The first-order valence-corrected chi connectivity index (χ1v) is 7.52. The zero-order chi connectivity index (χ0) is 13.8. The standard InChI is InChI=1S/C13H16N2O3S/c1-19-8-10-3-2-6-15(10)12(16)9-4-5-14-11(7-9)13(17)18/h4-5,7,10H,2-3,6,8H2,1H3,(H,17,18). The maximum atomic E-state index is 12.4. The molecule has 1 aromatic heterocycles. The zero-order valence-corrected chi connectivity index (χ0v) is 11.5. The molecule has 1 unspecified atom stereocenters. The van der Waals surface area contributed by atoms with E-state index in [1.165, 1.54) is 12.3 Å². The normalized spacial score (nSPS) is 18.6. The van der Waals surface area contributed by atoms with E-state index >= 15 is 0 Å². The van der Waals surface area contributed by atoms with Crippen molar-refractivity contribution in [1.82, 2.24) is 9.88 Å². The molecule has 0 aromatic carbocycles. The van der Waals surface area contributed by atoms with Crippen molar-refractivity contribution < 1.29 is 14.7 Å². The number of hydrogen-bond donors (Lipinski definition) is 1. The van der Waals surface area contributed by atoms with Crippen molar-refractivity contribution in [1.29, 1.82) is 0 Å². The number of hydrogen-bond acceptors (Lipinski definition) is 4. The monoisotopic (exact) mass is 280 g/mol. The lowest BCUT2D eigenvalue weighted by Gasteiger charge is -2.24. The number of rotatable bonds is 4. The van der Waals surface area contributed by atoms with Gasteiger partial charge in [0.05, 0.1) is 0 Å². The van der Waals surface area contributed by atoms with E-state index < -0.39 is 5.97 Å². The average molecular weight is 280 g/mol. The molecule has 1 aliphatic rings. The van der Waals surface area contributed by atoms with E-state index in [0.29, 0.717) is 5.56 Å². The summed E-state index contributed by atoms with van der Waals surface area (Å²) in [4.78, 5) is 28.8. The van der Waals surface area contributed by atoms with Gasteiger partial charge in [0.15, 0.2) is 0 Å². The second kappa shape index (κ2) is 6.06. The Morgan fingerprint density at radius 1 is 1.58 bits per heavy atom. The Balaban J connectivity index is 2.19. The molecular formula is C13H16N2O3S.